The normalized spacial score (nSPS) is 25.8. The molecule has 1 aromatic carbocycles. The van der Waals surface area contributed by atoms with E-state index in [1.54, 1.807) is 7.11 Å². The molecule has 0 N–H and O–H groups in total. The summed E-state index contributed by atoms with van der Waals surface area (Å²) >= 11 is 0. The number of hydrogen-bond acceptors (Lipinski definition) is 6. The number of carbonyl (C=O) groups excluding carboxylic acids is 1. The summed E-state index contributed by atoms with van der Waals surface area (Å²) in [5, 5.41) is 0. The smallest absolute Gasteiger partial charge is 0.239 e. The number of hydrogen-bond donors (Lipinski definition) is 0. The number of carbonyl (C=O) groups is 1. The second-order valence-electron chi connectivity index (χ2n) is 8.97. The van der Waals surface area contributed by atoms with Gasteiger partial charge in [0.15, 0.2) is 5.72 Å². The van der Waals surface area contributed by atoms with Crippen molar-refractivity contribution in [3.63, 3.8) is 0 Å². The maximum Gasteiger partial charge on any atom is 0.239 e. The van der Waals surface area contributed by atoms with Gasteiger partial charge >= 0.3 is 0 Å². The lowest BCUT2D eigenvalue weighted by Gasteiger charge is -2.45. The van der Waals surface area contributed by atoms with Gasteiger partial charge < -0.3 is 19.3 Å². The molecule has 2 aromatic rings. The average molecular weight is 423 g/mol. The molecule has 3 aliphatic rings. The number of piperazine rings is 1. The SMILES string of the molecule is COCC12CN(Cc3ccccc3)CC(=O)N1CC1(CCN(c3ccncc3)CC1)O2. The Bertz CT molecular complexity index is 902. The van der Waals surface area contributed by atoms with Gasteiger partial charge in [-0.25, -0.2) is 0 Å². The van der Waals surface area contributed by atoms with E-state index in [0.717, 1.165) is 32.5 Å². The van der Waals surface area contributed by atoms with Crippen LogP contribution in [-0.4, -0.2) is 78.5 Å². The van der Waals surface area contributed by atoms with Crippen molar-refractivity contribution in [2.75, 3.05) is 51.3 Å². The van der Waals surface area contributed by atoms with Crippen LogP contribution in [-0.2, 0) is 20.8 Å². The predicted octanol–water partition coefficient (Wildman–Crippen LogP) is 2.14. The van der Waals surface area contributed by atoms with Gasteiger partial charge in [0.05, 0.1) is 25.3 Å². The van der Waals surface area contributed by atoms with Crippen molar-refractivity contribution in [1.82, 2.24) is 14.8 Å². The molecule has 1 unspecified atom stereocenters. The van der Waals surface area contributed by atoms with Crippen LogP contribution in [0.3, 0.4) is 0 Å². The molecule has 1 spiro atoms. The lowest BCUT2D eigenvalue weighted by molar-refractivity contribution is -0.201. The average Bonchev–Trinajstić information content (AvgIpc) is 3.10. The number of methoxy groups -OCH3 is 1. The number of rotatable bonds is 5. The minimum absolute atomic E-state index is 0.132. The van der Waals surface area contributed by atoms with Crippen molar-refractivity contribution >= 4 is 11.6 Å². The van der Waals surface area contributed by atoms with Gasteiger partial charge in [0, 0.05) is 51.4 Å². The predicted molar refractivity (Wildman–Crippen MR) is 118 cm³/mol. The maximum absolute atomic E-state index is 13.2. The molecular formula is C24H30N4O3. The van der Waals surface area contributed by atoms with Gasteiger partial charge in [-0.15, -0.1) is 0 Å². The Morgan fingerprint density at radius 2 is 1.81 bits per heavy atom. The second-order valence-corrected chi connectivity index (χ2v) is 8.97. The highest BCUT2D eigenvalue weighted by atomic mass is 16.6. The fourth-order valence-corrected chi connectivity index (χ4v) is 5.36. The zero-order valence-corrected chi connectivity index (χ0v) is 18.1. The van der Waals surface area contributed by atoms with Crippen molar-refractivity contribution in [2.24, 2.45) is 0 Å². The summed E-state index contributed by atoms with van der Waals surface area (Å²) in [7, 11) is 1.69. The Labute approximate surface area is 183 Å². The highest BCUT2D eigenvalue weighted by Gasteiger charge is 2.59. The molecule has 7 heteroatoms. The Kier molecular flexibility index (Phi) is 5.42. The minimum atomic E-state index is -0.711. The molecule has 0 bridgehead atoms. The molecule has 4 heterocycles. The zero-order chi connectivity index (χ0) is 21.3. The summed E-state index contributed by atoms with van der Waals surface area (Å²) in [4.78, 5) is 23.8. The molecule has 3 saturated heterocycles. The molecule has 1 amide bonds. The van der Waals surface area contributed by atoms with E-state index in [1.807, 2.05) is 47.6 Å². The summed E-state index contributed by atoms with van der Waals surface area (Å²) in [6, 6.07) is 14.4. The monoisotopic (exact) mass is 422 g/mol. The number of ether oxygens (including phenoxy) is 2. The third-order valence-corrected chi connectivity index (χ3v) is 6.80. The third kappa shape index (κ3) is 3.93. The van der Waals surface area contributed by atoms with Crippen molar-refractivity contribution in [3.05, 3.63) is 60.4 Å². The molecular weight excluding hydrogens is 392 g/mol. The molecule has 1 atom stereocenters. The van der Waals surface area contributed by atoms with Crippen LogP contribution >= 0.6 is 0 Å². The lowest BCUT2D eigenvalue weighted by Crippen LogP contribution is -2.64. The largest absolute Gasteiger partial charge is 0.380 e. The van der Waals surface area contributed by atoms with Crippen molar-refractivity contribution in [3.8, 4) is 0 Å². The van der Waals surface area contributed by atoms with Crippen LogP contribution in [0.15, 0.2) is 54.9 Å². The number of benzene rings is 1. The molecule has 0 saturated carbocycles. The van der Waals surface area contributed by atoms with Crippen LogP contribution < -0.4 is 4.90 Å². The van der Waals surface area contributed by atoms with E-state index in [-0.39, 0.29) is 11.5 Å². The topological polar surface area (TPSA) is 58.1 Å². The van der Waals surface area contributed by atoms with E-state index in [4.69, 9.17) is 9.47 Å². The first-order valence-corrected chi connectivity index (χ1v) is 11.0. The van der Waals surface area contributed by atoms with E-state index in [0.29, 0.717) is 26.2 Å². The van der Waals surface area contributed by atoms with Gasteiger partial charge in [0.2, 0.25) is 5.91 Å². The van der Waals surface area contributed by atoms with Crippen molar-refractivity contribution in [2.45, 2.75) is 30.7 Å². The Morgan fingerprint density at radius 1 is 1.06 bits per heavy atom. The van der Waals surface area contributed by atoms with E-state index in [1.165, 1.54) is 11.3 Å². The first kappa shape index (κ1) is 20.4. The number of piperidine rings is 1. The quantitative estimate of drug-likeness (QED) is 0.736. The third-order valence-electron chi connectivity index (χ3n) is 6.80. The standard InChI is InChI=1S/C24H30N4O3/c1-30-19-24-18-26(15-20-5-3-2-4-6-20)16-22(29)28(24)17-23(31-24)9-13-27(14-10-23)21-7-11-25-12-8-21/h2-8,11-12H,9-10,13-19H2,1H3. The van der Waals surface area contributed by atoms with Crippen LogP contribution in [0.4, 0.5) is 5.69 Å². The first-order valence-electron chi connectivity index (χ1n) is 11.0. The molecule has 0 radical (unpaired) electrons. The highest BCUT2D eigenvalue weighted by molar-refractivity contribution is 5.80. The fourth-order valence-electron chi connectivity index (χ4n) is 5.36. The summed E-state index contributed by atoms with van der Waals surface area (Å²) < 4.78 is 12.4. The van der Waals surface area contributed by atoms with Crippen molar-refractivity contribution < 1.29 is 14.3 Å². The second kappa shape index (κ2) is 8.22. The number of fused-ring (bicyclic) bond motifs is 1. The van der Waals surface area contributed by atoms with Crippen LogP contribution in [0, 0.1) is 0 Å². The Morgan fingerprint density at radius 3 is 2.52 bits per heavy atom. The first-order chi connectivity index (χ1) is 15.1. The van der Waals surface area contributed by atoms with Crippen LogP contribution in [0.25, 0.3) is 0 Å². The summed E-state index contributed by atoms with van der Waals surface area (Å²) in [5.74, 6) is 0.132. The van der Waals surface area contributed by atoms with E-state index >= 15 is 0 Å². The number of pyridine rings is 1. The van der Waals surface area contributed by atoms with Gasteiger partial charge in [0.1, 0.15) is 0 Å². The molecule has 164 valence electrons. The van der Waals surface area contributed by atoms with Crippen LogP contribution in [0.5, 0.6) is 0 Å². The lowest BCUT2D eigenvalue weighted by atomic mass is 9.91. The number of aromatic nitrogens is 1. The van der Waals surface area contributed by atoms with E-state index < -0.39 is 5.72 Å². The molecule has 0 aliphatic carbocycles. The van der Waals surface area contributed by atoms with Gasteiger partial charge in [0.25, 0.3) is 0 Å². The molecule has 1 aromatic heterocycles. The number of amides is 1. The minimum Gasteiger partial charge on any atom is -0.380 e. The molecule has 3 fully saturated rings. The van der Waals surface area contributed by atoms with Gasteiger partial charge in [-0.1, -0.05) is 30.3 Å². The number of nitrogens with zero attached hydrogens (tertiary/aromatic N) is 4. The van der Waals surface area contributed by atoms with E-state index in [2.05, 4.69) is 26.9 Å². The summed E-state index contributed by atoms with van der Waals surface area (Å²) in [6.45, 7) is 4.67. The summed E-state index contributed by atoms with van der Waals surface area (Å²) in [6.07, 6.45) is 5.45. The molecule has 3 aliphatic heterocycles. The molecule has 5 rings (SSSR count). The summed E-state index contributed by atoms with van der Waals surface area (Å²) in [5.41, 5.74) is 1.38. The van der Waals surface area contributed by atoms with Gasteiger partial charge in [-0.05, 0) is 30.5 Å². The number of anilines is 1. The highest BCUT2D eigenvalue weighted by Crippen LogP contribution is 2.43. The van der Waals surface area contributed by atoms with Gasteiger partial charge in [-0.2, -0.15) is 0 Å². The molecule has 7 nitrogen and oxygen atoms in total. The van der Waals surface area contributed by atoms with Crippen molar-refractivity contribution in [1.29, 1.82) is 0 Å². The van der Waals surface area contributed by atoms with E-state index in [9.17, 15) is 4.79 Å². The Hall–Kier alpha value is -2.48. The Balaban J connectivity index is 1.33. The van der Waals surface area contributed by atoms with Crippen LogP contribution in [0.2, 0.25) is 0 Å². The maximum atomic E-state index is 13.2. The molecule has 31 heavy (non-hydrogen) atoms. The van der Waals surface area contributed by atoms with Gasteiger partial charge in [-0.3, -0.25) is 14.7 Å². The van der Waals surface area contributed by atoms with Crippen LogP contribution in [0.1, 0.15) is 18.4 Å². The fraction of sp³-hybridized carbons (Fsp3) is 0.500. The zero-order valence-electron chi connectivity index (χ0n) is 18.1.